The first-order valence-electron chi connectivity index (χ1n) is 9.09. The Hall–Kier alpha value is -2.67. The Morgan fingerprint density at radius 3 is 2.32 bits per heavy atom. The van der Waals surface area contributed by atoms with E-state index in [1.807, 2.05) is 50.4 Å². The summed E-state index contributed by atoms with van der Waals surface area (Å²) >= 11 is 1.48. The molecule has 2 aromatic rings. The van der Waals surface area contributed by atoms with Crippen molar-refractivity contribution in [1.82, 2.24) is 10.2 Å². The predicted octanol–water partition coefficient (Wildman–Crippen LogP) is 3.34. The molecule has 1 atom stereocenters. The van der Waals surface area contributed by atoms with E-state index in [4.69, 9.17) is 0 Å². The summed E-state index contributed by atoms with van der Waals surface area (Å²) in [7, 11) is 1.59. The summed E-state index contributed by atoms with van der Waals surface area (Å²) < 4.78 is 0. The summed E-state index contributed by atoms with van der Waals surface area (Å²) in [6.45, 7) is 7.28. The molecule has 1 unspecified atom stereocenters. The predicted molar refractivity (Wildman–Crippen MR) is 112 cm³/mol. The molecule has 2 N–H and O–H groups in total. The van der Waals surface area contributed by atoms with Gasteiger partial charge in [0.05, 0.1) is 19.0 Å². The van der Waals surface area contributed by atoms with Crippen LogP contribution in [0.15, 0.2) is 29.6 Å². The van der Waals surface area contributed by atoms with Gasteiger partial charge in [0.15, 0.2) is 0 Å². The third-order valence-electron chi connectivity index (χ3n) is 4.39. The maximum absolute atomic E-state index is 12.6. The number of likely N-dealkylation sites (N-methyl/N-ethyl adjacent to an activating group) is 1. The molecule has 1 heterocycles. The number of nitrogens with one attached hydrogen (secondary N) is 2. The maximum atomic E-state index is 12.6. The van der Waals surface area contributed by atoms with Gasteiger partial charge in [0.25, 0.3) is 0 Å². The van der Waals surface area contributed by atoms with E-state index in [0.29, 0.717) is 0 Å². The van der Waals surface area contributed by atoms with E-state index in [0.717, 1.165) is 27.3 Å². The minimum Gasteiger partial charge on any atom is -0.348 e. The van der Waals surface area contributed by atoms with E-state index in [-0.39, 0.29) is 30.7 Å². The lowest BCUT2D eigenvalue weighted by atomic mass is 10.1. The number of amides is 3. The molecule has 0 spiro atoms. The van der Waals surface area contributed by atoms with Crippen LogP contribution in [0, 0.1) is 20.8 Å². The zero-order valence-electron chi connectivity index (χ0n) is 17.0. The standard InChI is InChI=1S/C21H27N3O3S/c1-13-9-14(2)21(15(3)10-13)23-19(26)12-24(5)20(27)11-17(22-16(4)25)18-7-6-8-28-18/h6-10,17H,11-12H2,1-5H3,(H,22,25)(H,23,26). The number of nitrogens with zero attached hydrogens (tertiary/aromatic N) is 1. The molecule has 0 fully saturated rings. The van der Waals surface area contributed by atoms with Crippen molar-refractivity contribution in [3.63, 3.8) is 0 Å². The van der Waals surface area contributed by atoms with E-state index in [1.165, 1.54) is 23.2 Å². The number of carbonyl (C=O) groups excluding carboxylic acids is 3. The summed E-state index contributed by atoms with van der Waals surface area (Å²) in [6, 6.07) is 7.39. The van der Waals surface area contributed by atoms with Gasteiger partial charge in [0.1, 0.15) is 0 Å². The minimum atomic E-state index is -0.392. The van der Waals surface area contributed by atoms with Gasteiger partial charge >= 0.3 is 0 Å². The summed E-state index contributed by atoms with van der Waals surface area (Å²) in [6.07, 6.45) is 0.104. The number of carbonyl (C=O) groups is 3. The van der Waals surface area contributed by atoms with Crippen molar-refractivity contribution in [3.8, 4) is 0 Å². The smallest absolute Gasteiger partial charge is 0.243 e. The van der Waals surface area contributed by atoms with E-state index in [9.17, 15) is 14.4 Å². The first-order valence-corrected chi connectivity index (χ1v) is 9.97. The van der Waals surface area contributed by atoms with Gasteiger partial charge in [-0.2, -0.15) is 0 Å². The van der Waals surface area contributed by atoms with Gasteiger partial charge < -0.3 is 15.5 Å². The van der Waals surface area contributed by atoms with Crippen molar-refractivity contribution in [3.05, 3.63) is 51.2 Å². The van der Waals surface area contributed by atoms with Crippen LogP contribution in [0.4, 0.5) is 5.69 Å². The van der Waals surface area contributed by atoms with Gasteiger partial charge in [-0.15, -0.1) is 11.3 Å². The third-order valence-corrected chi connectivity index (χ3v) is 5.38. The Labute approximate surface area is 169 Å². The van der Waals surface area contributed by atoms with Crippen LogP contribution in [0.25, 0.3) is 0 Å². The molecular formula is C21H27N3O3S. The molecule has 3 amide bonds. The summed E-state index contributed by atoms with van der Waals surface area (Å²) in [5, 5.41) is 7.61. The molecular weight excluding hydrogens is 374 g/mol. The van der Waals surface area contributed by atoms with Crippen LogP contribution in [0.2, 0.25) is 0 Å². The fourth-order valence-corrected chi connectivity index (χ4v) is 3.93. The van der Waals surface area contributed by atoms with Gasteiger partial charge in [-0.05, 0) is 43.3 Å². The van der Waals surface area contributed by atoms with Crippen LogP contribution in [0.5, 0.6) is 0 Å². The maximum Gasteiger partial charge on any atom is 0.243 e. The fourth-order valence-electron chi connectivity index (χ4n) is 3.15. The van der Waals surface area contributed by atoms with Gasteiger partial charge in [0.2, 0.25) is 17.7 Å². The van der Waals surface area contributed by atoms with Crippen LogP contribution < -0.4 is 10.6 Å². The molecule has 0 saturated heterocycles. The molecule has 1 aromatic heterocycles. The molecule has 0 aliphatic carbocycles. The fraction of sp³-hybridized carbons (Fsp3) is 0.381. The number of aryl methyl sites for hydroxylation is 3. The quantitative estimate of drug-likeness (QED) is 0.747. The Morgan fingerprint density at radius 1 is 1.14 bits per heavy atom. The second kappa shape index (κ2) is 9.50. The highest BCUT2D eigenvalue weighted by atomic mass is 32.1. The molecule has 0 bridgehead atoms. The monoisotopic (exact) mass is 401 g/mol. The Kier molecular flexibility index (Phi) is 7.34. The molecule has 0 saturated carbocycles. The van der Waals surface area contributed by atoms with E-state index < -0.39 is 6.04 Å². The average Bonchev–Trinajstić information content (AvgIpc) is 3.11. The highest BCUT2D eigenvalue weighted by Gasteiger charge is 2.22. The van der Waals surface area contributed by atoms with Gasteiger partial charge in [-0.25, -0.2) is 0 Å². The second-order valence-electron chi connectivity index (χ2n) is 7.04. The van der Waals surface area contributed by atoms with E-state index >= 15 is 0 Å². The van der Waals surface area contributed by atoms with Crippen molar-refractivity contribution in [1.29, 1.82) is 0 Å². The van der Waals surface area contributed by atoms with Crippen LogP contribution in [-0.4, -0.2) is 36.2 Å². The van der Waals surface area contributed by atoms with Crippen LogP contribution in [0.3, 0.4) is 0 Å². The topological polar surface area (TPSA) is 78.5 Å². The lowest BCUT2D eigenvalue weighted by Crippen LogP contribution is -2.38. The number of hydrogen-bond donors (Lipinski definition) is 2. The highest BCUT2D eigenvalue weighted by molar-refractivity contribution is 7.10. The van der Waals surface area contributed by atoms with Gasteiger partial charge in [-0.3, -0.25) is 14.4 Å². The van der Waals surface area contributed by atoms with E-state index in [1.54, 1.807) is 7.05 Å². The zero-order chi connectivity index (χ0) is 20.8. The van der Waals surface area contributed by atoms with Crippen molar-refractivity contribution < 1.29 is 14.4 Å². The number of anilines is 1. The molecule has 1 aromatic carbocycles. The first-order chi connectivity index (χ1) is 13.2. The number of hydrogen-bond acceptors (Lipinski definition) is 4. The molecule has 150 valence electrons. The Balaban J connectivity index is 1.99. The van der Waals surface area contributed by atoms with Crippen molar-refractivity contribution in [2.45, 2.75) is 40.2 Å². The van der Waals surface area contributed by atoms with Gasteiger partial charge in [0, 0.05) is 24.5 Å². The molecule has 2 rings (SSSR count). The molecule has 0 aliphatic rings. The number of rotatable bonds is 7. The van der Waals surface area contributed by atoms with Crippen molar-refractivity contribution in [2.75, 3.05) is 18.9 Å². The lowest BCUT2D eigenvalue weighted by molar-refractivity contribution is -0.134. The molecule has 7 heteroatoms. The Morgan fingerprint density at radius 2 is 1.79 bits per heavy atom. The molecule has 0 radical (unpaired) electrons. The second-order valence-corrected chi connectivity index (χ2v) is 8.02. The summed E-state index contributed by atoms with van der Waals surface area (Å²) in [5.74, 6) is -0.658. The summed E-state index contributed by atoms with van der Waals surface area (Å²) in [4.78, 5) is 38.8. The zero-order valence-corrected chi connectivity index (χ0v) is 17.8. The molecule has 0 aliphatic heterocycles. The van der Waals surface area contributed by atoms with Crippen LogP contribution in [-0.2, 0) is 14.4 Å². The SMILES string of the molecule is CC(=O)NC(CC(=O)N(C)CC(=O)Nc1c(C)cc(C)cc1C)c1cccs1. The van der Waals surface area contributed by atoms with Crippen molar-refractivity contribution >= 4 is 34.7 Å². The first kappa shape index (κ1) is 21.6. The largest absolute Gasteiger partial charge is 0.348 e. The number of benzene rings is 1. The average molecular weight is 402 g/mol. The van der Waals surface area contributed by atoms with Crippen molar-refractivity contribution in [2.24, 2.45) is 0 Å². The lowest BCUT2D eigenvalue weighted by Gasteiger charge is -2.22. The Bertz CT molecular complexity index is 839. The van der Waals surface area contributed by atoms with E-state index in [2.05, 4.69) is 10.6 Å². The normalized spacial score (nSPS) is 11.6. The minimum absolute atomic E-state index is 0.0528. The van der Waals surface area contributed by atoms with Gasteiger partial charge in [-0.1, -0.05) is 23.8 Å². The highest BCUT2D eigenvalue weighted by Crippen LogP contribution is 2.23. The van der Waals surface area contributed by atoms with Crippen LogP contribution in [0.1, 0.15) is 41.0 Å². The molecule has 28 heavy (non-hydrogen) atoms. The summed E-state index contributed by atoms with van der Waals surface area (Å²) in [5.41, 5.74) is 3.90. The van der Waals surface area contributed by atoms with Crippen LogP contribution >= 0.6 is 11.3 Å². The third kappa shape index (κ3) is 5.92. The molecule has 6 nitrogen and oxygen atoms in total. The number of thiophene rings is 1.